The van der Waals surface area contributed by atoms with E-state index in [1.54, 1.807) is 38.0 Å². The molecule has 2 unspecified atom stereocenters. The first-order chi connectivity index (χ1) is 10.1. The first-order valence-corrected chi connectivity index (χ1v) is 7.74. The Morgan fingerprint density at radius 2 is 1.00 bits per heavy atom. The van der Waals surface area contributed by atoms with Crippen LogP contribution in [0.1, 0.15) is 27.7 Å². The van der Waals surface area contributed by atoms with Crippen molar-refractivity contribution in [1.29, 1.82) is 0 Å². The van der Waals surface area contributed by atoms with Crippen LogP contribution in [-0.4, -0.2) is 75.2 Å². The van der Waals surface area contributed by atoms with Crippen molar-refractivity contribution in [2.45, 2.75) is 39.8 Å². The molecule has 0 rings (SSSR count). The molecule has 0 heterocycles. The second kappa shape index (κ2) is 9.79. The zero-order chi connectivity index (χ0) is 17.4. The van der Waals surface area contributed by atoms with Crippen LogP contribution in [-0.2, 0) is 19.1 Å². The van der Waals surface area contributed by atoms with E-state index < -0.39 is 24.0 Å². The maximum atomic E-state index is 12.4. The Hall–Kier alpha value is -1.14. The monoisotopic (exact) mass is 316 g/mol. The third-order valence-corrected chi connectivity index (χ3v) is 3.01. The van der Waals surface area contributed by atoms with Crippen LogP contribution in [0.2, 0.25) is 0 Å². The van der Waals surface area contributed by atoms with Gasteiger partial charge in [-0.15, -0.1) is 0 Å². The summed E-state index contributed by atoms with van der Waals surface area (Å²) < 4.78 is 10.6. The van der Waals surface area contributed by atoms with Gasteiger partial charge in [-0.1, -0.05) is 27.7 Å². The minimum absolute atomic E-state index is 0.248. The van der Waals surface area contributed by atoms with Gasteiger partial charge in [-0.25, -0.2) is 0 Å². The molecule has 0 aromatic heterocycles. The molecule has 0 radical (unpaired) electrons. The number of nitrogens with zero attached hydrogens (tertiary/aromatic N) is 2. The molecule has 130 valence electrons. The lowest BCUT2D eigenvalue weighted by molar-refractivity contribution is -0.163. The summed E-state index contributed by atoms with van der Waals surface area (Å²) in [6.45, 7) is 8.56. The van der Waals surface area contributed by atoms with Gasteiger partial charge in [0, 0.05) is 0 Å². The van der Waals surface area contributed by atoms with E-state index in [-0.39, 0.29) is 11.8 Å². The van der Waals surface area contributed by atoms with Crippen LogP contribution in [0.3, 0.4) is 0 Å². The molecule has 0 N–H and O–H groups in total. The van der Waals surface area contributed by atoms with Crippen LogP contribution in [0, 0.1) is 11.8 Å². The highest BCUT2D eigenvalue weighted by molar-refractivity contribution is 5.87. The van der Waals surface area contributed by atoms with E-state index in [2.05, 4.69) is 0 Å². The Morgan fingerprint density at radius 3 is 1.18 bits per heavy atom. The smallest absolute Gasteiger partial charge is 0.325 e. The Balaban J connectivity index is 5.10. The topological polar surface area (TPSA) is 59.1 Å². The number of hydrogen-bond acceptors (Lipinski definition) is 6. The Labute approximate surface area is 134 Å². The third-order valence-electron chi connectivity index (χ3n) is 3.01. The minimum Gasteiger partial charge on any atom is -0.464 e. The minimum atomic E-state index is -0.701. The number of carbonyl (C=O) groups is 2. The number of likely N-dealkylation sites (N-methyl/N-ethyl adjacent to an activating group) is 2. The van der Waals surface area contributed by atoms with Gasteiger partial charge < -0.3 is 9.47 Å². The number of rotatable bonds is 9. The predicted octanol–water partition coefficient (Wildman–Crippen LogP) is 1.25. The molecule has 0 bridgehead atoms. The van der Waals surface area contributed by atoms with E-state index in [9.17, 15) is 9.59 Å². The summed E-state index contributed by atoms with van der Waals surface area (Å²) in [5, 5.41) is 0. The van der Waals surface area contributed by atoms with Crippen molar-refractivity contribution in [3.8, 4) is 0 Å². The number of esters is 2. The maximum absolute atomic E-state index is 12.4. The van der Waals surface area contributed by atoms with Crippen LogP contribution >= 0.6 is 0 Å². The fraction of sp³-hybridized carbons (Fsp3) is 0.875. The maximum Gasteiger partial charge on any atom is 0.325 e. The van der Waals surface area contributed by atoms with E-state index in [0.29, 0.717) is 13.2 Å². The molecule has 0 fully saturated rings. The highest BCUT2D eigenvalue weighted by atomic mass is 16.5. The normalized spacial score (nSPS) is 14.5. The fourth-order valence-electron chi connectivity index (χ4n) is 1.91. The van der Waals surface area contributed by atoms with Gasteiger partial charge in [0.2, 0.25) is 0 Å². The Morgan fingerprint density at radius 1 is 0.727 bits per heavy atom. The molecule has 0 saturated heterocycles. The first kappa shape index (κ1) is 20.9. The van der Waals surface area contributed by atoms with Gasteiger partial charge in [-0.2, -0.15) is 0 Å². The van der Waals surface area contributed by atoms with Crippen molar-refractivity contribution in [1.82, 2.24) is 9.80 Å². The quantitative estimate of drug-likeness (QED) is 0.597. The summed E-state index contributed by atoms with van der Waals surface area (Å²) >= 11 is 0. The molecule has 0 aliphatic heterocycles. The second-order valence-electron chi connectivity index (χ2n) is 6.86. The van der Waals surface area contributed by atoms with E-state index >= 15 is 0 Å². The largest absolute Gasteiger partial charge is 0.464 e. The summed E-state index contributed by atoms with van der Waals surface area (Å²) in [5.41, 5.74) is 0. The van der Waals surface area contributed by atoms with E-state index in [1.807, 2.05) is 27.7 Å². The molecule has 0 aliphatic rings. The van der Waals surface area contributed by atoms with Crippen LogP contribution in [0.4, 0.5) is 0 Å². The Bertz CT molecular complexity index is 320. The molecule has 2 atom stereocenters. The molecular weight excluding hydrogens is 284 g/mol. The van der Waals surface area contributed by atoms with Crippen LogP contribution in [0.5, 0.6) is 0 Å². The summed E-state index contributed by atoms with van der Waals surface area (Å²) in [6, 6.07) is -1.40. The summed E-state index contributed by atoms with van der Waals surface area (Å²) in [7, 11) is 7.03. The lowest BCUT2D eigenvalue weighted by Gasteiger charge is -2.33. The second-order valence-corrected chi connectivity index (χ2v) is 6.86. The zero-order valence-corrected chi connectivity index (χ0v) is 15.3. The third kappa shape index (κ3) is 7.22. The lowest BCUT2D eigenvalue weighted by Crippen LogP contribution is -2.56. The van der Waals surface area contributed by atoms with Crippen molar-refractivity contribution >= 4 is 11.9 Å². The molecule has 0 saturated carbocycles. The van der Waals surface area contributed by atoms with E-state index in [1.165, 1.54) is 0 Å². The zero-order valence-electron chi connectivity index (χ0n) is 15.3. The van der Waals surface area contributed by atoms with Crippen molar-refractivity contribution in [2.24, 2.45) is 11.8 Å². The SMILES string of the molecule is CC(C)COC(=O)C(C(C(=O)OCC(C)C)N(C)C)N(C)C. The Kier molecular flexibility index (Phi) is 9.28. The van der Waals surface area contributed by atoms with Crippen LogP contribution in [0.25, 0.3) is 0 Å². The van der Waals surface area contributed by atoms with Gasteiger partial charge >= 0.3 is 11.9 Å². The van der Waals surface area contributed by atoms with Crippen molar-refractivity contribution in [3.63, 3.8) is 0 Å². The molecule has 0 aromatic carbocycles. The average molecular weight is 316 g/mol. The molecule has 22 heavy (non-hydrogen) atoms. The number of hydrogen-bond donors (Lipinski definition) is 0. The molecule has 0 spiro atoms. The van der Waals surface area contributed by atoms with Crippen molar-refractivity contribution in [2.75, 3.05) is 41.4 Å². The van der Waals surface area contributed by atoms with Gasteiger partial charge in [0.1, 0.15) is 12.1 Å². The predicted molar refractivity (Wildman–Crippen MR) is 86.5 cm³/mol. The van der Waals surface area contributed by atoms with Crippen LogP contribution in [0.15, 0.2) is 0 Å². The van der Waals surface area contributed by atoms with Crippen molar-refractivity contribution in [3.05, 3.63) is 0 Å². The van der Waals surface area contributed by atoms with Gasteiger partial charge in [0.15, 0.2) is 0 Å². The molecule has 6 heteroatoms. The fourth-order valence-corrected chi connectivity index (χ4v) is 1.91. The summed E-state index contributed by atoms with van der Waals surface area (Å²) in [4.78, 5) is 28.2. The summed E-state index contributed by atoms with van der Waals surface area (Å²) in [6.07, 6.45) is 0. The molecule has 6 nitrogen and oxygen atoms in total. The average Bonchev–Trinajstić information content (AvgIpc) is 2.38. The molecule has 0 aromatic rings. The van der Waals surface area contributed by atoms with Gasteiger partial charge in [-0.3, -0.25) is 19.4 Å². The molecule has 0 aliphatic carbocycles. The summed E-state index contributed by atoms with van der Waals surface area (Å²) in [5.74, 6) is -0.312. The lowest BCUT2D eigenvalue weighted by atomic mass is 10.1. The van der Waals surface area contributed by atoms with E-state index in [4.69, 9.17) is 9.47 Å². The molecule has 0 amide bonds. The van der Waals surface area contributed by atoms with Gasteiger partial charge in [-0.05, 0) is 40.0 Å². The van der Waals surface area contributed by atoms with Crippen LogP contribution < -0.4 is 0 Å². The highest BCUT2D eigenvalue weighted by Gasteiger charge is 2.39. The van der Waals surface area contributed by atoms with Gasteiger partial charge in [0.25, 0.3) is 0 Å². The number of carbonyl (C=O) groups excluding carboxylic acids is 2. The van der Waals surface area contributed by atoms with Crippen molar-refractivity contribution < 1.29 is 19.1 Å². The van der Waals surface area contributed by atoms with Gasteiger partial charge in [0.05, 0.1) is 13.2 Å². The first-order valence-electron chi connectivity index (χ1n) is 7.74. The highest BCUT2D eigenvalue weighted by Crippen LogP contribution is 2.12. The standard InChI is InChI=1S/C16H32N2O4/c1-11(2)9-21-15(19)13(17(5)6)14(18(7)8)16(20)22-10-12(3)4/h11-14H,9-10H2,1-8H3. The van der Waals surface area contributed by atoms with E-state index in [0.717, 1.165) is 0 Å². The molecular formula is C16H32N2O4. The number of ether oxygens (including phenoxy) is 2.